The summed E-state index contributed by atoms with van der Waals surface area (Å²) in [6.45, 7) is 0. The predicted octanol–water partition coefficient (Wildman–Crippen LogP) is 1.63. The molecular weight excluding hydrogens is 153 g/mol. The van der Waals surface area contributed by atoms with Gasteiger partial charge in [0.2, 0.25) is 0 Å². The third-order valence-corrected chi connectivity index (χ3v) is 1.17. The van der Waals surface area contributed by atoms with Gasteiger partial charge < -0.3 is 10.2 Å². The molecule has 0 spiro atoms. The summed E-state index contributed by atoms with van der Waals surface area (Å²) in [7, 11) is 0. The molecule has 2 N–H and O–H groups in total. The Bertz CT molecular complexity index is 300. The van der Waals surface area contributed by atoms with E-state index in [4.69, 9.17) is 10.2 Å². The highest BCUT2D eigenvalue weighted by Gasteiger charge is 2.11. The van der Waals surface area contributed by atoms with Gasteiger partial charge in [-0.1, -0.05) is 0 Å². The lowest BCUT2D eigenvalue weighted by Crippen LogP contribution is -1.76. The Morgan fingerprint density at radius 2 is 2.00 bits per heavy atom. The van der Waals surface area contributed by atoms with E-state index >= 15 is 0 Å². The summed E-state index contributed by atoms with van der Waals surface area (Å²) in [5, 5.41) is 19.8. The first-order valence-electron chi connectivity index (χ1n) is 2.70. The average Bonchev–Trinajstić information content (AvgIpc) is 1.99. The van der Waals surface area contributed by atoms with Gasteiger partial charge in [-0.05, 0) is 17.3 Å². The van der Waals surface area contributed by atoms with Crippen molar-refractivity contribution in [3.63, 3.8) is 0 Å². The molecule has 0 radical (unpaired) electrons. The van der Waals surface area contributed by atoms with Gasteiger partial charge in [0.15, 0.2) is 17.3 Å². The highest BCUT2D eigenvalue weighted by Crippen LogP contribution is 2.36. The number of benzene rings is 1. The summed E-state index contributed by atoms with van der Waals surface area (Å²) in [6, 6.07) is 1.77. The van der Waals surface area contributed by atoms with Crippen LogP contribution in [0.1, 0.15) is 0 Å². The molecule has 0 unspecified atom stereocenters. The third kappa shape index (κ3) is 1.12. The van der Waals surface area contributed by atoms with Gasteiger partial charge >= 0.3 is 0 Å². The van der Waals surface area contributed by atoms with E-state index in [1.54, 1.807) is 0 Å². The van der Waals surface area contributed by atoms with Gasteiger partial charge in [-0.3, -0.25) is 0 Å². The molecule has 0 aliphatic rings. The fourth-order valence-corrected chi connectivity index (χ4v) is 0.634. The second kappa shape index (κ2) is 2.53. The van der Waals surface area contributed by atoms with Crippen LogP contribution >= 0.6 is 0 Å². The van der Waals surface area contributed by atoms with E-state index in [1.807, 2.05) is 0 Å². The number of nitroso groups, excluding NO2 is 1. The fourth-order valence-electron chi connectivity index (χ4n) is 0.634. The second-order valence-corrected chi connectivity index (χ2v) is 1.86. The minimum Gasteiger partial charge on any atom is -0.505 e. The SMILES string of the molecule is O=Nc1c(O)ccc(F)c1O. The predicted molar refractivity (Wildman–Crippen MR) is 35.2 cm³/mol. The van der Waals surface area contributed by atoms with Gasteiger partial charge in [0.25, 0.3) is 0 Å². The molecule has 0 bridgehead atoms. The van der Waals surface area contributed by atoms with Crippen LogP contribution in [0.5, 0.6) is 11.5 Å². The Morgan fingerprint density at radius 1 is 1.36 bits per heavy atom. The summed E-state index contributed by atoms with van der Waals surface area (Å²) in [4.78, 5) is 9.86. The maximum absolute atomic E-state index is 12.4. The number of phenols is 2. The van der Waals surface area contributed by atoms with E-state index in [9.17, 15) is 9.30 Å². The lowest BCUT2D eigenvalue weighted by atomic mass is 10.2. The largest absolute Gasteiger partial charge is 0.505 e. The summed E-state index contributed by atoms with van der Waals surface area (Å²) in [5.41, 5.74) is -0.676. The van der Waals surface area contributed by atoms with Gasteiger partial charge in [-0.15, -0.1) is 4.91 Å². The topological polar surface area (TPSA) is 69.9 Å². The summed E-state index contributed by atoms with van der Waals surface area (Å²) in [6.07, 6.45) is 0. The smallest absolute Gasteiger partial charge is 0.194 e. The Labute approximate surface area is 60.9 Å². The minimum atomic E-state index is -0.989. The summed E-state index contributed by atoms with van der Waals surface area (Å²) < 4.78 is 12.4. The first-order chi connectivity index (χ1) is 5.16. The number of phenolic OH excluding ortho intramolecular Hbond substituents is 2. The fraction of sp³-hybridized carbons (Fsp3) is 0. The molecule has 0 amide bonds. The van der Waals surface area contributed by atoms with E-state index in [0.29, 0.717) is 0 Å². The Morgan fingerprint density at radius 3 is 2.45 bits per heavy atom. The molecule has 4 nitrogen and oxygen atoms in total. The second-order valence-electron chi connectivity index (χ2n) is 1.86. The highest BCUT2D eigenvalue weighted by atomic mass is 19.1. The van der Waals surface area contributed by atoms with Crippen LogP contribution in [-0.2, 0) is 0 Å². The first-order valence-corrected chi connectivity index (χ1v) is 2.70. The molecule has 0 saturated heterocycles. The minimum absolute atomic E-state index is 0.543. The molecule has 0 atom stereocenters. The van der Waals surface area contributed by atoms with Crippen molar-refractivity contribution in [2.45, 2.75) is 0 Å². The van der Waals surface area contributed by atoms with Gasteiger partial charge in [0, 0.05) is 0 Å². The molecule has 58 valence electrons. The monoisotopic (exact) mass is 157 g/mol. The van der Waals surface area contributed by atoms with Crippen molar-refractivity contribution >= 4 is 5.69 Å². The van der Waals surface area contributed by atoms with E-state index in [-0.39, 0.29) is 0 Å². The lowest BCUT2D eigenvalue weighted by Gasteiger charge is -1.98. The van der Waals surface area contributed by atoms with Crippen molar-refractivity contribution in [3.8, 4) is 11.5 Å². The molecule has 1 aromatic rings. The standard InChI is InChI=1S/C6H4FNO3/c7-3-1-2-4(9)5(8-11)6(3)10/h1-2,9-10H. The zero-order valence-corrected chi connectivity index (χ0v) is 5.28. The molecule has 0 saturated carbocycles. The van der Waals surface area contributed by atoms with Crippen LogP contribution in [0.4, 0.5) is 10.1 Å². The van der Waals surface area contributed by atoms with Gasteiger partial charge in [-0.2, -0.15) is 0 Å². The normalized spacial score (nSPS) is 9.55. The van der Waals surface area contributed by atoms with Crippen LogP contribution in [-0.4, -0.2) is 10.2 Å². The number of halogens is 1. The Kier molecular flexibility index (Phi) is 1.72. The van der Waals surface area contributed by atoms with Crippen molar-refractivity contribution < 1.29 is 14.6 Å². The van der Waals surface area contributed by atoms with Crippen molar-refractivity contribution in [1.29, 1.82) is 0 Å². The van der Waals surface area contributed by atoms with Crippen LogP contribution in [0.3, 0.4) is 0 Å². The third-order valence-electron chi connectivity index (χ3n) is 1.17. The number of rotatable bonds is 1. The molecule has 0 aliphatic carbocycles. The van der Waals surface area contributed by atoms with E-state index in [2.05, 4.69) is 5.18 Å². The van der Waals surface area contributed by atoms with Crippen molar-refractivity contribution in [2.75, 3.05) is 0 Å². The van der Waals surface area contributed by atoms with Crippen LogP contribution in [0.2, 0.25) is 0 Å². The molecule has 0 aliphatic heterocycles. The molecule has 0 aromatic heterocycles. The maximum Gasteiger partial charge on any atom is 0.194 e. The zero-order valence-electron chi connectivity index (χ0n) is 5.28. The molecule has 1 aromatic carbocycles. The van der Waals surface area contributed by atoms with Crippen LogP contribution in [0.15, 0.2) is 17.3 Å². The molecule has 1 rings (SSSR count). The van der Waals surface area contributed by atoms with Crippen LogP contribution < -0.4 is 0 Å². The Hall–Kier alpha value is -1.65. The van der Waals surface area contributed by atoms with Crippen molar-refractivity contribution in [3.05, 3.63) is 22.9 Å². The zero-order chi connectivity index (χ0) is 8.43. The van der Waals surface area contributed by atoms with Gasteiger partial charge in [-0.25, -0.2) is 4.39 Å². The molecule has 0 fully saturated rings. The van der Waals surface area contributed by atoms with Crippen LogP contribution in [0, 0.1) is 10.7 Å². The maximum atomic E-state index is 12.4. The first kappa shape index (κ1) is 7.46. The quantitative estimate of drug-likeness (QED) is 0.608. The van der Waals surface area contributed by atoms with Crippen molar-refractivity contribution in [2.24, 2.45) is 5.18 Å². The van der Waals surface area contributed by atoms with E-state index in [1.165, 1.54) is 0 Å². The van der Waals surface area contributed by atoms with Crippen LogP contribution in [0.25, 0.3) is 0 Å². The summed E-state index contributed by atoms with van der Waals surface area (Å²) >= 11 is 0. The molecule has 11 heavy (non-hydrogen) atoms. The molecule has 5 heteroatoms. The average molecular weight is 157 g/mol. The number of hydrogen-bond donors (Lipinski definition) is 2. The number of aromatic hydroxyl groups is 2. The number of nitrogens with zero attached hydrogens (tertiary/aromatic N) is 1. The van der Waals surface area contributed by atoms with E-state index in [0.717, 1.165) is 12.1 Å². The van der Waals surface area contributed by atoms with Gasteiger partial charge in [0.05, 0.1) is 0 Å². The van der Waals surface area contributed by atoms with E-state index < -0.39 is 23.0 Å². The Balaban J connectivity index is 3.40. The van der Waals surface area contributed by atoms with Gasteiger partial charge in [0.1, 0.15) is 5.75 Å². The highest BCUT2D eigenvalue weighted by molar-refractivity contribution is 5.60. The number of hydrogen-bond acceptors (Lipinski definition) is 4. The summed E-state index contributed by atoms with van der Waals surface area (Å²) in [5.74, 6) is -2.46. The molecule has 0 heterocycles. The lowest BCUT2D eigenvalue weighted by molar-refractivity contribution is 0.422. The molecular formula is C6H4FNO3. The van der Waals surface area contributed by atoms with Crippen molar-refractivity contribution in [1.82, 2.24) is 0 Å².